The maximum Gasteiger partial charge on any atom is 0.319 e. The van der Waals surface area contributed by atoms with E-state index < -0.39 is 0 Å². The number of urea groups is 1. The zero-order chi connectivity index (χ0) is 17.4. The van der Waals surface area contributed by atoms with Crippen molar-refractivity contribution in [2.75, 3.05) is 30.4 Å². The first-order chi connectivity index (χ1) is 11.6. The van der Waals surface area contributed by atoms with Crippen molar-refractivity contribution in [3.05, 3.63) is 23.8 Å². The molecule has 1 fully saturated rings. The van der Waals surface area contributed by atoms with E-state index in [0.29, 0.717) is 24.6 Å². The standard InChI is InChI=1S/C18H27N3O3/c1-3-17(22)21-16-11-15(7-6-13(16)2)20-18(23)19-9-8-14-5-4-10-24-12-14/h6-7,11,14H,3-5,8-10,12H2,1-2H3,(H,21,22)(H2,19,20,23)/t14-/m1/s1. The third kappa shape index (κ3) is 5.85. The van der Waals surface area contributed by atoms with E-state index in [2.05, 4.69) is 16.0 Å². The number of benzene rings is 1. The van der Waals surface area contributed by atoms with Crippen molar-refractivity contribution in [3.8, 4) is 0 Å². The number of anilines is 2. The molecule has 0 saturated carbocycles. The Morgan fingerprint density at radius 2 is 2.12 bits per heavy atom. The molecule has 0 radical (unpaired) electrons. The van der Waals surface area contributed by atoms with Crippen LogP contribution in [-0.4, -0.2) is 31.7 Å². The Kier molecular flexibility index (Phi) is 7.06. The van der Waals surface area contributed by atoms with E-state index in [1.165, 1.54) is 6.42 Å². The number of nitrogens with one attached hydrogen (secondary N) is 3. The van der Waals surface area contributed by atoms with Crippen molar-refractivity contribution in [1.29, 1.82) is 0 Å². The molecule has 0 aliphatic carbocycles. The summed E-state index contributed by atoms with van der Waals surface area (Å²) in [6.45, 7) is 6.00. The van der Waals surface area contributed by atoms with Crippen LogP contribution in [0.2, 0.25) is 0 Å². The van der Waals surface area contributed by atoms with E-state index >= 15 is 0 Å². The van der Waals surface area contributed by atoms with Crippen LogP contribution in [0.5, 0.6) is 0 Å². The molecule has 1 aliphatic heterocycles. The molecular formula is C18H27N3O3. The fourth-order valence-electron chi connectivity index (χ4n) is 2.67. The zero-order valence-corrected chi connectivity index (χ0v) is 14.5. The van der Waals surface area contributed by atoms with Gasteiger partial charge in [-0.05, 0) is 49.8 Å². The second-order valence-corrected chi connectivity index (χ2v) is 6.18. The van der Waals surface area contributed by atoms with Crippen LogP contribution >= 0.6 is 0 Å². The van der Waals surface area contributed by atoms with Gasteiger partial charge in [-0.1, -0.05) is 13.0 Å². The molecule has 0 bridgehead atoms. The SMILES string of the molecule is CCC(=O)Nc1cc(NC(=O)NCC[C@H]2CCCOC2)ccc1C. The van der Waals surface area contributed by atoms with Crippen LogP contribution in [-0.2, 0) is 9.53 Å². The van der Waals surface area contributed by atoms with Crippen molar-refractivity contribution >= 4 is 23.3 Å². The largest absolute Gasteiger partial charge is 0.381 e. The van der Waals surface area contributed by atoms with E-state index in [9.17, 15) is 9.59 Å². The van der Waals surface area contributed by atoms with Gasteiger partial charge in [0.25, 0.3) is 0 Å². The van der Waals surface area contributed by atoms with Gasteiger partial charge in [-0.15, -0.1) is 0 Å². The molecule has 3 amide bonds. The smallest absolute Gasteiger partial charge is 0.319 e. The summed E-state index contributed by atoms with van der Waals surface area (Å²) in [4.78, 5) is 23.5. The number of ether oxygens (including phenoxy) is 1. The van der Waals surface area contributed by atoms with E-state index in [0.717, 1.165) is 37.3 Å². The van der Waals surface area contributed by atoms with Crippen molar-refractivity contribution in [3.63, 3.8) is 0 Å². The summed E-state index contributed by atoms with van der Waals surface area (Å²) in [7, 11) is 0. The van der Waals surface area contributed by atoms with Crippen LogP contribution in [0.1, 0.15) is 38.2 Å². The third-order valence-electron chi connectivity index (χ3n) is 4.18. The van der Waals surface area contributed by atoms with Crippen LogP contribution in [0.15, 0.2) is 18.2 Å². The third-order valence-corrected chi connectivity index (χ3v) is 4.18. The summed E-state index contributed by atoms with van der Waals surface area (Å²) in [5.74, 6) is 0.490. The average Bonchev–Trinajstić information content (AvgIpc) is 2.58. The summed E-state index contributed by atoms with van der Waals surface area (Å²) in [5.41, 5.74) is 2.34. The lowest BCUT2D eigenvalue weighted by molar-refractivity contribution is -0.115. The molecule has 24 heavy (non-hydrogen) atoms. The second kappa shape index (κ2) is 9.27. The van der Waals surface area contributed by atoms with Gasteiger partial charge in [0.15, 0.2) is 0 Å². The van der Waals surface area contributed by atoms with Crippen LogP contribution in [0.3, 0.4) is 0 Å². The molecule has 6 nitrogen and oxygen atoms in total. The van der Waals surface area contributed by atoms with Gasteiger partial charge in [-0.25, -0.2) is 4.79 Å². The number of amides is 3. The number of hydrogen-bond acceptors (Lipinski definition) is 3. The lowest BCUT2D eigenvalue weighted by atomic mass is 9.99. The molecule has 1 aromatic rings. The fourth-order valence-corrected chi connectivity index (χ4v) is 2.67. The normalized spacial score (nSPS) is 17.2. The molecule has 1 heterocycles. The average molecular weight is 333 g/mol. The molecule has 1 atom stereocenters. The minimum absolute atomic E-state index is 0.0468. The van der Waals surface area contributed by atoms with Crippen molar-refractivity contribution in [2.24, 2.45) is 5.92 Å². The summed E-state index contributed by atoms with van der Waals surface area (Å²) >= 11 is 0. The van der Waals surface area contributed by atoms with Gasteiger partial charge in [0.05, 0.1) is 0 Å². The highest BCUT2D eigenvalue weighted by Crippen LogP contribution is 2.20. The Morgan fingerprint density at radius 3 is 2.83 bits per heavy atom. The number of hydrogen-bond donors (Lipinski definition) is 3. The lowest BCUT2D eigenvalue weighted by Gasteiger charge is -2.21. The van der Waals surface area contributed by atoms with Gasteiger partial charge >= 0.3 is 6.03 Å². The van der Waals surface area contributed by atoms with Crippen LogP contribution in [0, 0.1) is 12.8 Å². The van der Waals surface area contributed by atoms with Gasteiger partial charge in [0, 0.05) is 37.6 Å². The van der Waals surface area contributed by atoms with Gasteiger partial charge < -0.3 is 20.7 Å². The minimum Gasteiger partial charge on any atom is -0.381 e. The number of carbonyl (C=O) groups excluding carboxylic acids is 2. The highest BCUT2D eigenvalue weighted by Gasteiger charge is 2.14. The van der Waals surface area contributed by atoms with Crippen LogP contribution < -0.4 is 16.0 Å². The summed E-state index contributed by atoms with van der Waals surface area (Å²) in [6.07, 6.45) is 3.62. The quantitative estimate of drug-likeness (QED) is 0.747. The molecule has 0 spiro atoms. The maximum atomic E-state index is 12.0. The molecular weight excluding hydrogens is 306 g/mol. The Hall–Kier alpha value is -2.08. The van der Waals surface area contributed by atoms with E-state index in [4.69, 9.17) is 4.74 Å². The maximum absolute atomic E-state index is 12.0. The van der Waals surface area contributed by atoms with E-state index in [-0.39, 0.29) is 11.9 Å². The minimum atomic E-state index is -0.233. The van der Waals surface area contributed by atoms with Crippen LogP contribution in [0.25, 0.3) is 0 Å². The molecule has 2 rings (SSSR count). The monoisotopic (exact) mass is 333 g/mol. The first-order valence-electron chi connectivity index (χ1n) is 8.61. The van der Waals surface area contributed by atoms with E-state index in [1.54, 1.807) is 13.0 Å². The van der Waals surface area contributed by atoms with E-state index in [1.807, 2.05) is 19.1 Å². The van der Waals surface area contributed by atoms with Gasteiger partial charge in [-0.3, -0.25) is 4.79 Å². The summed E-state index contributed by atoms with van der Waals surface area (Å²) < 4.78 is 5.44. The highest BCUT2D eigenvalue weighted by molar-refractivity contribution is 5.94. The molecule has 1 aliphatic rings. The molecule has 1 saturated heterocycles. The predicted molar refractivity (Wildman–Crippen MR) is 95.3 cm³/mol. The molecule has 3 N–H and O–H groups in total. The molecule has 6 heteroatoms. The van der Waals surface area contributed by atoms with Crippen molar-refractivity contribution in [2.45, 2.75) is 39.5 Å². The molecule has 1 aromatic carbocycles. The first kappa shape index (κ1) is 18.3. The van der Waals surface area contributed by atoms with Gasteiger partial charge in [0.1, 0.15) is 0 Å². The Morgan fingerprint density at radius 1 is 1.29 bits per heavy atom. The Balaban J connectivity index is 1.80. The van der Waals surface area contributed by atoms with Gasteiger partial charge in [-0.2, -0.15) is 0 Å². The molecule has 0 aromatic heterocycles. The Labute approximate surface area is 143 Å². The van der Waals surface area contributed by atoms with Gasteiger partial charge in [0.2, 0.25) is 5.91 Å². The number of rotatable bonds is 6. The topological polar surface area (TPSA) is 79.5 Å². The lowest BCUT2D eigenvalue weighted by Crippen LogP contribution is -2.31. The summed E-state index contributed by atoms with van der Waals surface area (Å²) in [6, 6.07) is 5.24. The molecule has 132 valence electrons. The Bertz CT molecular complexity index is 569. The second-order valence-electron chi connectivity index (χ2n) is 6.18. The number of aryl methyl sites for hydroxylation is 1. The zero-order valence-electron chi connectivity index (χ0n) is 14.5. The number of carbonyl (C=O) groups is 2. The first-order valence-corrected chi connectivity index (χ1v) is 8.61. The summed E-state index contributed by atoms with van der Waals surface area (Å²) in [5, 5.41) is 8.51. The van der Waals surface area contributed by atoms with Crippen molar-refractivity contribution in [1.82, 2.24) is 5.32 Å². The predicted octanol–water partition coefficient (Wildman–Crippen LogP) is 3.28. The van der Waals surface area contributed by atoms with Crippen LogP contribution in [0.4, 0.5) is 16.2 Å². The van der Waals surface area contributed by atoms with Crippen molar-refractivity contribution < 1.29 is 14.3 Å². The highest BCUT2D eigenvalue weighted by atomic mass is 16.5. The fraction of sp³-hybridized carbons (Fsp3) is 0.556. The molecule has 0 unspecified atom stereocenters.